The van der Waals surface area contributed by atoms with Crippen LogP contribution in [0.1, 0.15) is 30.3 Å². The van der Waals surface area contributed by atoms with Gasteiger partial charge in [-0.1, -0.05) is 25.5 Å². The number of hydrogen-bond donors (Lipinski definition) is 1. The number of ether oxygens (including phenoxy) is 2. The van der Waals surface area contributed by atoms with Crippen molar-refractivity contribution < 1.29 is 14.3 Å². The quantitative estimate of drug-likeness (QED) is 0.652. The third-order valence-corrected chi connectivity index (χ3v) is 2.79. The minimum absolute atomic E-state index is 0.318. The van der Waals surface area contributed by atoms with Gasteiger partial charge in [-0.2, -0.15) is 0 Å². The van der Waals surface area contributed by atoms with Crippen molar-refractivity contribution in [2.24, 2.45) is 0 Å². The third kappa shape index (κ3) is 2.47. The molecule has 0 saturated carbocycles. The van der Waals surface area contributed by atoms with Crippen molar-refractivity contribution >= 4 is 16.9 Å². The second-order valence-corrected chi connectivity index (χ2v) is 4.10. The molecular formula is C14H17NO3. The second-order valence-electron chi connectivity index (χ2n) is 4.10. The number of nitrogens with one attached hydrogen (secondary N) is 1. The maximum absolute atomic E-state index is 11.8. The normalized spacial score (nSPS) is 10.6. The summed E-state index contributed by atoms with van der Waals surface area (Å²) in [4.78, 5) is 14.8. The van der Waals surface area contributed by atoms with Crippen LogP contribution >= 0.6 is 0 Å². The number of rotatable bonds is 5. The van der Waals surface area contributed by atoms with Crippen LogP contribution in [0.2, 0.25) is 0 Å². The third-order valence-electron chi connectivity index (χ3n) is 2.79. The van der Waals surface area contributed by atoms with E-state index in [1.54, 1.807) is 13.2 Å². The Kier molecular flexibility index (Phi) is 3.87. The Balaban J connectivity index is 2.21. The van der Waals surface area contributed by atoms with Gasteiger partial charge in [-0.15, -0.1) is 0 Å². The number of aromatic nitrogens is 1. The Morgan fingerprint density at radius 3 is 2.94 bits per heavy atom. The summed E-state index contributed by atoms with van der Waals surface area (Å²) in [6, 6.07) is 7.45. The number of esters is 1. The Labute approximate surface area is 106 Å². The molecule has 1 aromatic carbocycles. The van der Waals surface area contributed by atoms with Crippen LogP contribution in [0.3, 0.4) is 0 Å². The molecule has 2 aromatic rings. The van der Waals surface area contributed by atoms with Crippen LogP contribution in [0.25, 0.3) is 10.9 Å². The molecule has 0 unspecified atom stereocenters. The lowest BCUT2D eigenvalue weighted by atomic mass is 10.2. The van der Waals surface area contributed by atoms with Gasteiger partial charge in [-0.25, -0.2) is 4.79 Å². The molecule has 1 heterocycles. The van der Waals surface area contributed by atoms with Gasteiger partial charge in [0.25, 0.3) is 0 Å². The highest BCUT2D eigenvalue weighted by Crippen LogP contribution is 2.25. The Morgan fingerprint density at radius 1 is 1.39 bits per heavy atom. The van der Waals surface area contributed by atoms with Crippen molar-refractivity contribution in [1.82, 2.24) is 4.98 Å². The maximum atomic E-state index is 11.8. The topological polar surface area (TPSA) is 51.3 Å². The van der Waals surface area contributed by atoms with Crippen molar-refractivity contribution in [3.8, 4) is 5.75 Å². The van der Waals surface area contributed by atoms with E-state index in [9.17, 15) is 4.79 Å². The molecule has 18 heavy (non-hydrogen) atoms. The van der Waals surface area contributed by atoms with E-state index in [1.807, 2.05) is 18.2 Å². The zero-order valence-electron chi connectivity index (χ0n) is 10.7. The van der Waals surface area contributed by atoms with Gasteiger partial charge in [-0.05, 0) is 18.6 Å². The molecule has 0 radical (unpaired) electrons. The minimum atomic E-state index is -0.318. The minimum Gasteiger partial charge on any atom is -0.495 e. The first kappa shape index (κ1) is 12.5. The molecule has 0 bridgehead atoms. The average Bonchev–Trinajstić information content (AvgIpc) is 2.82. The van der Waals surface area contributed by atoms with E-state index in [1.165, 1.54) is 0 Å². The smallest absolute Gasteiger partial charge is 0.354 e. The highest BCUT2D eigenvalue weighted by molar-refractivity contribution is 5.96. The number of fused-ring (bicyclic) bond motifs is 1. The molecule has 0 fully saturated rings. The Morgan fingerprint density at radius 2 is 2.22 bits per heavy atom. The fourth-order valence-corrected chi connectivity index (χ4v) is 1.80. The molecule has 2 rings (SSSR count). The number of H-pyrrole nitrogens is 1. The second kappa shape index (κ2) is 5.58. The van der Waals surface area contributed by atoms with Crippen LogP contribution < -0.4 is 4.74 Å². The van der Waals surface area contributed by atoms with E-state index in [2.05, 4.69) is 11.9 Å². The van der Waals surface area contributed by atoms with Gasteiger partial charge in [-0.3, -0.25) is 0 Å². The van der Waals surface area contributed by atoms with E-state index < -0.39 is 0 Å². The number of benzene rings is 1. The molecule has 4 heteroatoms. The predicted octanol–water partition coefficient (Wildman–Crippen LogP) is 3.13. The number of carbonyl (C=O) groups is 1. The number of para-hydroxylation sites is 1. The summed E-state index contributed by atoms with van der Waals surface area (Å²) in [6.07, 6.45) is 1.89. The number of aromatic amines is 1. The van der Waals surface area contributed by atoms with Crippen molar-refractivity contribution in [1.29, 1.82) is 0 Å². The zero-order chi connectivity index (χ0) is 13.0. The summed E-state index contributed by atoms with van der Waals surface area (Å²) < 4.78 is 10.4. The summed E-state index contributed by atoms with van der Waals surface area (Å²) in [5.74, 6) is 0.404. The number of carbonyl (C=O) groups excluding carboxylic acids is 1. The molecule has 0 aliphatic rings. The molecule has 0 saturated heterocycles. The lowest BCUT2D eigenvalue weighted by Gasteiger charge is -2.01. The molecule has 1 aromatic heterocycles. The van der Waals surface area contributed by atoms with Crippen LogP contribution in [-0.4, -0.2) is 24.7 Å². The van der Waals surface area contributed by atoms with E-state index >= 15 is 0 Å². The fourth-order valence-electron chi connectivity index (χ4n) is 1.80. The summed E-state index contributed by atoms with van der Waals surface area (Å²) in [5.41, 5.74) is 1.29. The molecule has 4 nitrogen and oxygen atoms in total. The van der Waals surface area contributed by atoms with Gasteiger partial charge in [0.05, 0.1) is 19.2 Å². The van der Waals surface area contributed by atoms with Crippen LogP contribution in [0.5, 0.6) is 5.75 Å². The lowest BCUT2D eigenvalue weighted by Crippen LogP contribution is -2.06. The van der Waals surface area contributed by atoms with E-state index in [4.69, 9.17) is 9.47 Å². The summed E-state index contributed by atoms with van der Waals surface area (Å²) in [7, 11) is 1.61. The summed E-state index contributed by atoms with van der Waals surface area (Å²) >= 11 is 0. The van der Waals surface area contributed by atoms with Crippen LogP contribution in [0.15, 0.2) is 24.3 Å². The highest BCUT2D eigenvalue weighted by atomic mass is 16.5. The van der Waals surface area contributed by atoms with Crippen molar-refractivity contribution in [3.63, 3.8) is 0 Å². The monoisotopic (exact) mass is 247 g/mol. The van der Waals surface area contributed by atoms with E-state index in [0.717, 1.165) is 29.5 Å². The first-order valence-corrected chi connectivity index (χ1v) is 6.09. The van der Waals surface area contributed by atoms with Crippen molar-refractivity contribution in [2.75, 3.05) is 13.7 Å². The largest absolute Gasteiger partial charge is 0.495 e. The first-order valence-electron chi connectivity index (χ1n) is 6.09. The van der Waals surface area contributed by atoms with E-state index in [-0.39, 0.29) is 5.97 Å². The molecule has 0 atom stereocenters. The molecule has 0 spiro atoms. The molecule has 96 valence electrons. The van der Waals surface area contributed by atoms with Gasteiger partial charge in [0.15, 0.2) is 0 Å². The van der Waals surface area contributed by atoms with Gasteiger partial charge < -0.3 is 14.5 Å². The summed E-state index contributed by atoms with van der Waals surface area (Å²) in [5, 5.41) is 0.941. The molecule has 1 N–H and O–H groups in total. The molecular weight excluding hydrogens is 230 g/mol. The SMILES string of the molecule is CCCCOC(=O)c1cc2cccc(OC)c2[nH]1. The van der Waals surface area contributed by atoms with Crippen molar-refractivity contribution in [2.45, 2.75) is 19.8 Å². The van der Waals surface area contributed by atoms with Gasteiger partial charge in [0.2, 0.25) is 0 Å². The highest BCUT2D eigenvalue weighted by Gasteiger charge is 2.12. The number of hydrogen-bond acceptors (Lipinski definition) is 3. The number of methoxy groups -OCH3 is 1. The molecule has 0 aliphatic carbocycles. The average molecular weight is 247 g/mol. The predicted molar refractivity (Wildman–Crippen MR) is 70.0 cm³/mol. The molecule has 0 amide bonds. The molecule has 0 aliphatic heterocycles. The van der Waals surface area contributed by atoms with Crippen LogP contribution in [0.4, 0.5) is 0 Å². The Hall–Kier alpha value is -1.97. The Bertz CT molecular complexity index is 545. The van der Waals surface area contributed by atoms with Gasteiger partial charge >= 0.3 is 5.97 Å². The maximum Gasteiger partial charge on any atom is 0.354 e. The van der Waals surface area contributed by atoms with Gasteiger partial charge in [0, 0.05) is 5.39 Å². The van der Waals surface area contributed by atoms with Crippen LogP contribution in [-0.2, 0) is 4.74 Å². The first-order chi connectivity index (χ1) is 8.76. The standard InChI is InChI=1S/C14H17NO3/c1-3-4-8-18-14(16)11-9-10-6-5-7-12(17-2)13(10)15-11/h5-7,9,15H,3-4,8H2,1-2H3. The van der Waals surface area contributed by atoms with E-state index in [0.29, 0.717) is 12.3 Å². The number of unbranched alkanes of at least 4 members (excludes halogenated alkanes) is 1. The summed E-state index contributed by atoms with van der Waals surface area (Å²) in [6.45, 7) is 2.52. The van der Waals surface area contributed by atoms with Crippen LogP contribution in [0, 0.1) is 0 Å². The fraction of sp³-hybridized carbons (Fsp3) is 0.357. The zero-order valence-corrected chi connectivity index (χ0v) is 10.7. The van der Waals surface area contributed by atoms with Gasteiger partial charge in [0.1, 0.15) is 11.4 Å². The lowest BCUT2D eigenvalue weighted by molar-refractivity contribution is 0.0494. The van der Waals surface area contributed by atoms with Crippen molar-refractivity contribution in [3.05, 3.63) is 30.0 Å².